The number of nitrogens with one attached hydrogen (secondary N) is 2. The molecule has 4 rings (SSSR count). The number of rotatable bonds is 7. The molecule has 0 aliphatic carbocycles. The lowest BCUT2D eigenvalue weighted by Gasteiger charge is -2.33. The van der Waals surface area contributed by atoms with Gasteiger partial charge in [-0.3, -0.25) is 4.79 Å². The van der Waals surface area contributed by atoms with Crippen LogP contribution in [0.15, 0.2) is 42.9 Å². The van der Waals surface area contributed by atoms with Crippen molar-refractivity contribution in [1.82, 2.24) is 15.0 Å². The van der Waals surface area contributed by atoms with Gasteiger partial charge in [0.05, 0.1) is 11.9 Å². The van der Waals surface area contributed by atoms with Crippen molar-refractivity contribution in [2.75, 3.05) is 29.9 Å². The number of anilines is 2. The molecule has 0 bridgehead atoms. The second kappa shape index (κ2) is 8.64. The van der Waals surface area contributed by atoms with Gasteiger partial charge in [-0.05, 0) is 48.4 Å². The summed E-state index contributed by atoms with van der Waals surface area (Å²) in [5, 5.41) is 4.32. The Balaban J connectivity index is 1.32. The number of piperidine rings is 1. The van der Waals surface area contributed by atoms with Gasteiger partial charge in [0, 0.05) is 31.4 Å². The van der Waals surface area contributed by atoms with Gasteiger partial charge in [0.25, 0.3) is 0 Å². The molecule has 1 fully saturated rings. The number of nitrogens with zero attached hydrogens (tertiary/aromatic N) is 3. The van der Waals surface area contributed by atoms with E-state index < -0.39 is 0 Å². The maximum absolute atomic E-state index is 12.6. The van der Waals surface area contributed by atoms with Crippen LogP contribution in [-0.2, 0) is 4.79 Å². The predicted octanol–water partition coefficient (Wildman–Crippen LogP) is 4.37. The molecule has 0 radical (unpaired) electrons. The van der Waals surface area contributed by atoms with Crippen molar-refractivity contribution in [2.45, 2.75) is 39.0 Å². The van der Waals surface area contributed by atoms with Crippen LogP contribution in [-0.4, -0.2) is 40.4 Å². The number of benzene rings is 1. The molecule has 1 aliphatic rings. The molecule has 6 nitrogen and oxygen atoms in total. The number of aromatic amines is 1. The molecular weight excluding hydrogens is 362 g/mol. The summed E-state index contributed by atoms with van der Waals surface area (Å²) in [5.74, 6) is 2.11. The molecule has 1 aliphatic heterocycles. The van der Waals surface area contributed by atoms with Gasteiger partial charge >= 0.3 is 0 Å². The molecule has 0 amide bonds. The number of carbonyl (C=O) groups excluding carboxylic acids is 1. The van der Waals surface area contributed by atoms with Crippen molar-refractivity contribution >= 4 is 28.3 Å². The van der Waals surface area contributed by atoms with E-state index in [1.54, 1.807) is 6.33 Å². The van der Waals surface area contributed by atoms with Crippen LogP contribution in [0.25, 0.3) is 11.0 Å². The molecule has 0 saturated carbocycles. The fraction of sp³-hybridized carbons (Fsp3) is 0.435. The molecule has 1 saturated heterocycles. The molecular formula is C23H29N5O. The minimum Gasteiger partial charge on any atom is -0.378 e. The van der Waals surface area contributed by atoms with Gasteiger partial charge < -0.3 is 15.2 Å². The SMILES string of the molecule is CC(C)c1ccc(NCC(=O)C[C@@H]2CCCN(c3ncnc4[nH]ccc34)C2)cc1. The number of Topliss-reactive ketones (excluding diaryl/α,β-unsaturated/α-hetero) is 1. The van der Waals surface area contributed by atoms with Gasteiger partial charge in [0.15, 0.2) is 5.78 Å². The number of carbonyl (C=O) groups is 1. The highest BCUT2D eigenvalue weighted by Gasteiger charge is 2.24. The third kappa shape index (κ3) is 4.58. The fourth-order valence-electron chi connectivity index (χ4n) is 4.12. The molecule has 1 atom stereocenters. The molecule has 6 heteroatoms. The Morgan fingerprint density at radius 1 is 1.24 bits per heavy atom. The Bertz CT molecular complexity index is 963. The van der Waals surface area contributed by atoms with Gasteiger partial charge in [0.2, 0.25) is 0 Å². The molecule has 2 aromatic heterocycles. The summed E-state index contributed by atoms with van der Waals surface area (Å²) < 4.78 is 0. The van der Waals surface area contributed by atoms with Gasteiger partial charge in [0.1, 0.15) is 17.8 Å². The number of H-pyrrole nitrogens is 1. The zero-order valence-electron chi connectivity index (χ0n) is 17.2. The van der Waals surface area contributed by atoms with E-state index >= 15 is 0 Å². The van der Waals surface area contributed by atoms with E-state index in [1.807, 2.05) is 12.3 Å². The molecule has 2 N–H and O–H groups in total. The molecule has 1 aromatic carbocycles. The zero-order chi connectivity index (χ0) is 20.2. The highest BCUT2D eigenvalue weighted by molar-refractivity contribution is 5.87. The monoisotopic (exact) mass is 391 g/mol. The van der Waals surface area contributed by atoms with Crippen molar-refractivity contribution in [2.24, 2.45) is 5.92 Å². The van der Waals surface area contributed by atoms with Crippen molar-refractivity contribution in [1.29, 1.82) is 0 Å². The zero-order valence-corrected chi connectivity index (χ0v) is 17.2. The first-order valence-electron chi connectivity index (χ1n) is 10.5. The van der Waals surface area contributed by atoms with Gasteiger partial charge in [-0.2, -0.15) is 0 Å². The highest BCUT2D eigenvalue weighted by atomic mass is 16.1. The average molecular weight is 392 g/mol. The fourth-order valence-corrected chi connectivity index (χ4v) is 4.12. The Labute approximate surface area is 171 Å². The summed E-state index contributed by atoms with van der Waals surface area (Å²) in [4.78, 5) is 26.8. The van der Waals surface area contributed by atoms with Crippen molar-refractivity contribution in [3.05, 3.63) is 48.4 Å². The van der Waals surface area contributed by atoms with Crippen LogP contribution in [0.3, 0.4) is 0 Å². The molecule has 3 aromatic rings. The average Bonchev–Trinajstić information content (AvgIpc) is 3.22. The maximum Gasteiger partial charge on any atom is 0.152 e. The number of ketones is 1. The number of hydrogen-bond donors (Lipinski definition) is 2. The Hall–Kier alpha value is -2.89. The third-order valence-electron chi connectivity index (χ3n) is 5.73. The van der Waals surface area contributed by atoms with E-state index in [0.717, 1.165) is 48.5 Å². The van der Waals surface area contributed by atoms with Crippen LogP contribution in [0, 0.1) is 5.92 Å². The number of hydrogen-bond acceptors (Lipinski definition) is 5. The van der Waals surface area contributed by atoms with Crippen LogP contribution < -0.4 is 10.2 Å². The minimum atomic E-state index is 0.263. The summed E-state index contributed by atoms with van der Waals surface area (Å²) in [6.45, 7) is 6.59. The van der Waals surface area contributed by atoms with Crippen LogP contribution in [0.1, 0.15) is 44.6 Å². The normalized spacial score (nSPS) is 17.1. The highest BCUT2D eigenvalue weighted by Crippen LogP contribution is 2.28. The number of fused-ring (bicyclic) bond motifs is 1. The van der Waals surface area contributed by atoms with Crippen molar-refractivity contribution < 1.29 is 4.79 Å². The van der Waals surface area contributed by atoms with E-state index in [0.29, 0.717) is 24.8 Å². The van der Waals surface area contributed by atoms with Crippen molar-refractivity contribution in [3.8, 4) is 0 Å². The number of aromatic nitrogens is 3. The van der Waals surface area contributed by atoms with Gasteiger partial charge in [-0.25, -0.2) is 9.97 Å². The van der Waals surface area contributed by atoms with Crippen LogP contribution >= 0.6 is 0 Å². The largest absolute Gasteiger partial charge is 0.378 e. The quantitative estimate of drug-likeness (QED) is 0.626. The van der Waals surface area contributed by atoms with Crippen LogP contribution in [0.4, 0.5) is 11.5 Å². The maximum atomic E-state index is 12.6. The second-order valence-electron chi connectivity index (χ2n) is 8.26. The lowest BCUT2D eigenvalue weighted by molar-refractivity contribution is -0.118. The first-order valence-corrected chi connectivity index (χ1v) is 10.5. The minimum absolute atomic E-state index is 0.263. The Morgan fingerprint density at radius 3 is 2.86 bits per heavy atom. The summed E-state index contributed by atoms with van der Waals surface area (Å²) in [6, 6.07) is 10.4. The molecule has 3 heterocycles. The van der Waals surface area contributed by atoms with Gasteiger partial charge in [-0.15, -0.1) is 0 Å². The predicted molar refractivity (Wildman–Crippen MR) is 117 cm³/mol. The topological polar surface area (TPSA) is 73.9 Å². The van der Waals surface area contributed by atoms with Gasteiger partial charge in [-0.1, -0.05) is 26.0 Å². The first-order chi connectivity index (χ1) is 14.1. The second-order valence-corrected chi connectivity index (χ2v) is 8.26. The molecule has 152 valence electrons. The smallest absolute Gasteiger partial charge is 0.152 e. The summed E-state index contributed by atoms with van der Waals surface area (Å²) in [7, 11) is 0. The Kier molecular flexibility index (Phi) is 5.79. The van der Waals surface area contributed by atoms with E-state index in [4.69, 9.17) is 0 Å². The molecule has 0 unspecified atom stereocenters. The lowest BCUT2D eigenvalue weighted by atomic mass is 9.92. The van der Waals surface area contributed by atoms with E-state index in [9.17, 15) is 4.79 Å². The van der Waals surface area contributed by atoms with E-state index in [1.165, 1.54) is 5.56 Å². The van der Waals surface area contributed by atoms with Crippen LogP contribution in [0.2, 0.25) is 0 Å². The molecule has 0 spiro atoms. The van der Waals surface area contributed by atoms with E-state index in [2.05, 4.69) is 63.3 Å². The third-order valence-corrected chi connectivity index (χ3v) is 5.73. The first kappa shape index (κ1) is 19.4. The molecule has 29 heavy (non-hydrogen) atoms. The standard InChI is InChI=1S/C23H29N5O/c1-16(2)18-5-7-19(8-6-18)25-13-20(29)12-17-4-3-11-28(14-17)23-21-9-10-24-22(21)26-15-27-23/h5-10,15-17,25H,3-4,11-14H2,1-2H3,(H,24,26,27)/t17-/m0/s1. The summed E-state index contributed by atoms with van der Waals surface area (Å²) in [5.41, 5.74) is 3.18. The Morgan fingerprint density at radius 2 is 2.07 bits per heavy atom. The summed E-state index contributed by atoms with van der Waals surface area (Å²) in [6.07, 6.45) is 6.28. The van der Waals surface area contributed by atoms with Crippen LogP contribution in [0.5, 0.6) is 0 Å². The lowest BCUT2D eigenvalue weighted by Crippen LogP contribution is -2.37. The van der Waals surface area contributed by atoms with E-state index in [-0.39, 0.29) is 5.78 Å². The summed E-state index contributed by atoms with van der Waals surface area (Å²) >= 11 is 0. The van der Waals surface area contributed by atoms with Crippen molar-refractivity contribution in [3.63, 3.8) is 0 Å².